The van der Waals surface area contributed by atoms with Crippen molar-refractivity contribution in [3.63, 3.8) is 0 Å². The Hall–Kier alpha value is -0.270. The van der Waals surface area contributed by atoms with E-state index in [0.29, 0.717) is 5.88 Å². The van der Waals surface area contributed by atoms with Crippen LogP contribution in [-0.2, 0) is 6.42 Å². The Morgan fingerprint density at radius 2 is 2.36 bits per heavy atom. The van der Waals surface area contributed by atoms with Crippen LogP contribution < -0.4 is 0 Å². The lowest BCUT2D eigenvalue weighted by molar-refractivity contribution is 1.20. The Morgan fingerprint density at radius 3 is 2.82 bits per heavy atom. The number of allylic oxidation sites excluding steroid dienone is 1. The lowest BCUT2D eigenvalue weighted by Gasteiger charge is -1.95. The van der Waals surface area contributed by atoms with Crippen molar-refractivity contribution in [3.8, 4) is 0 Å². The van der Waals surface area contributed by atoms with Gasteiger partial charge in [-0.3, -0.25) is 0 Å². The molecule has 0 bridgehead atoms. The molecule has 60 valence electrons. The average molecular weight is 187 g/mol. The number of aryl methyl sites for hydroxylation is 1. The molecule has 0 saturated carbocycles. The number of alkyl halides is 1. The molecular formula is C9H11ClS. The molecule has 0 radical (unpaired) electrons. The first-order valence-electron chi connectivity index (χ1n) is 3.50. The summed E-state index contributed by atoms with van der Waals surface area (Å²) in [6.45, 7) is 5.96. The van der Waals surface area contributed by atoms with Crippen LogP contribution in [-0.4, -0.2) is 5.88 Å². The van der Waals surface area contributed by atoms with Crippen LogP contribution in [0.25, 0.3) is 0 Å². The predicted octanol–water partition coefficient (Wildman–Crippen LogP) is 3.39. The highest BCUT2D eigenvalue weighted by atomic mass is 35.5. The second kappa shape index (κ2) is 3.93. The molecule has 0 N–H and O–H groups in total. The van der Waals surface area contributed by atoms with Gasteiger partial charge in [-0.25, -0.2) is 0 Å². The van der Waals surface area contributed by atoms with Crippen molar-refractivity contribution in [2.45, 2.75) is 13.3 Å². The van der Waals surface area contributed by atoms with Crippen LogP contribution in [0.5, 0.6) is 0 Å². The number of hydrogen-bond acceptors (Lipinski definition) is 1. The first kappa shape index (κ1) is 8.82. The minimum absolute atomic E-state index is 0.566. The summed E-state index contributed by atoms with van der Waals surface area (Å²) in [7, 11) is 0. The van der Waals surface area contributed by atoms with Crippen LogP contribution in [0.15, 0.2) is 24.3 Å². The summed E-state index contributed by atoms with van der Waals surface area (Å²) in [5, 5.41) is 0. The van der Waals surface area contributed by atoms with Gasteiger partial charge < -0.3 is 0 Å². The van der Waals surface area contributed by atoms with E-state index in [1.54, 1.807) is 0 Å². The van der Waals surface area contributed by atoms with E-state index in [2.05, 4.69) is 25.6 Å². The highest BCUT2D eigenvalue weighted by Crippen LogP contribution is 2.18. The van der Waals surface area contributed by atoms with Crippen LogP contribution >= 0.6 is 22.9 Å². The van der Waals surface area contributed by atoms with E-state index in [0.717, 1.165) is 12.0 Å². The lowest BCUT2D eigenvalue weighted by atomic mass is 10.2. The first-order valence-corrected chi connectivity index (χ1v) is 4.85. The largest absolute Gasteiger partial charge is 0.145 e. The zero-order valence-electron chi connectivity index (χ0n) is 6.56. The Kier molecular flexibility index (Phi) is 3.16. The number of halogens is 1. The van der Waals surface area contributed by atoms with E-state index in [1.807, 2.05) is 11.3 Å². The van der Waals surface area contributed by atoms with Gasteiger partial charge in [-0.05, 0) is 19.1 Å². The van der Waals surface area contributed by atoms with E-state index < -0.39 is 0 Å². The molecule has 0 aromatic carbocycles. The topological polar surface area (TPSA) is 0 Å². The maximum Gasteiger partial charge on any atom is 0.0434 e. The number of hydrogen-bond donors (Lipinski definition) is 0. The second-order valence-electron chi connectivity index (χ2n) is 2.57. The Labute approximate surface area is 76.5 Å². The van der Waals surface area contributed by atoms with Gasteiger partial charge in [0.25, 0.3) is 0 Å². The van der Waals surface area contributed by atoms with Crippen molar-refractivity contribution < 1.29 is 0 Å². The Balaban J connectivity index is 2.57. The molecule has 0 nitrogen and oxygen atoms in total. The summed E-state index contributed by atoms with van der Waals surface area (Å²) in [4.78, 5) is 2.70. The van der Waals surface area contributed by atoms with Gasteiger partial charge in [-0.1, -0.05) is 12.2 Å². The molecule has 0 saturated heterocycles. The summed E-state index contributed by atoms with van der Waals surface area (Å²) in [5.41, 5.74) is 1.09. The molecule has 1 rings (SSSR count). The van der Waals surface area contributed by atoms with Gasteiger partial charge in [0.1, 0.15) is 0 Å². The van der Waals surface area contributed by atoms with Gasteiger partial charge in [0.2, 0.25) is 0 Å². The molecule has 11 heavy (non-hydrogen) atoms. The fourth-order valence-electron chi connectivity index (χ4n) is 0.874. The van der Waals surface area contributed by atoms with Gasteiger partial charge in [-0.2, -0.15) is 0 Å². The molecule has 1 aromatic heterocycles. The third-order valence-electron chi connectivity index (χ3n) is 1.41. The first-order chi connectivity index (χ1) is 5.22. The van der Waals surface area contributed by atoms with Gasteiger partial charge in [0.05, 0.1) is 0 Å². The summed E-state index contributed by atoms with van der Waals surface area (Å²) >= 11 is 7.43. The van der Waals surface area contributed by atoms with E-state index in [9.17, 15) is 0 Å². The zero-order chi connectivity index (χ0) is 8.27. The van der Waals surface area contributed by atoms with Crippen molar-refractivity contribution in [2.24, 2.45) is 0 Å². The molecule has 1 aromatic rings. The third kappa shape index (κ3) is 2.68. The summed E-state index contributed by atoms with van der Waals surface area (Å²) < 4.78 is 0. The van der Waals surface area contributed by atoms with Crippen molar-refractivity contribution >= 4 is 22.9 Å². The average Bonchev–Trinajstić information content (AvgIpc) is 2.35. The highest BCUT2D eigenvalue weighted by Gasteiger charge is 1.98. The minimum Gasteiger partial charge on any atom is -0.145 e. The maximum atomic E-state index is 5.61. The number of thiophene rings is 1. The van der Waals surface area contributed by atoms with E-state index in [4.69, 9.17) is 11.6 Å². The van der Waals surface area contributed by atoms with Crippen LogP contribution in [0, 0.1) is 6.92 Å². The van der Waals surface area contributed by atoms with Crippen molar-refractivity contribution in [1.29, 1.82) is 0 Å². The Bertz CT molecular complexity index is 250. The molecule has 0 unspecified atom stereocenters. The fourth-order valence-corrected chi connectivity index (χ4v) is 1.93. The van der Waals surface area contributed by atoms with Crippen molar-refractivity contribution in [1.82, 2.24) is 0 Å². The Morgan fingerprint density at radius 1 is 1.64 bits per heavy atom. The summed E-state index contributed by atoms with van der Waals surface area (Å²) in [5.74, 6) is 0.566. The molecular weight excluding hydrogens is 176 g/mol. The van der Waals surface area contributed by atoms with Crippen LogP contribution in [0.4, 0.5) is 0 Å². The molecule has 0 spiro atoms. The molecule has 0 aliphatic rings. The van der Waals surface area contributed by atoms with E-state index in [-0.39, 0.29) is 0 Å². The SMILES string of the molecule is C=C(CCl)Cc1ccc(C)s1. The van der Waals surface area contributed by atoms with Crippen molar-refractivity contribution in [2.75, 3.05) is 5.88 Å². The molecule has 1 heterocycles. The van der Waals surface area contributed by atoms with Gasteiger partial charge in [-0.15, -0.1) is 22.9 Å². The molecule has 0 aliphatic heterocycles. The molecule has 0 amide bonds. The van der Waals surface area contributed by atoms with E-state index in [1.165, 1.54) is 9.75 Å². The smallest absolute Gasteiger partial charge is 0.0434 e. The van der Waals surface area contributed by atoms with E-state index >= 15 is 0 Å². The quantitative estimate of drug-likeness (QED) is 0.502. The highest BCUT2D eigenvalue weighted by molar-refractivity contribution is 7.11. The summed E-state index contributed by atoms with van der Waals surface area (Å²) in [6.07, 6.45) is 0.933. The number of rotatable bonds is 3. The molecule has 0 aliphatic carbocycles. The van der Waals surface area contributed by atoms with Gasteiger partial charge in [0.15, 0.2) is 0 Å². The second-order valence-corrected chi connectivity index (χ2v) is 4.21. The lowest BCUT2D eigenvalue weighted by Crippen LogP contribution is -1.85. The molecule has 0 fully saturated rings. The minimum atomic E-state index is 0.566. The third-order valence-corrected chi connectivity index (χ3v) is 2.79. The van der Waals surface area contributed by atoms with Crippen LogP contribution in [0.3, 0.4) is 0 Å². The van der Waals surface area contributed by atoms with Crippen molar-refractivity contribution in [3.05, 3.63) is 34.0 Å². The molecule has 0 atom stereocenters. The van der Waals surface area contributed by atoms with Gasteiger partial charge >= 0.3 is 0 Å². The van der Waals surface area contributed by atoms with Crippen LogP contribution in [0.1, 0.15) is 9.75 Å². The standard InChI is InChI=1S/C9H11ClS/c1-7(6-10)5-9-4-3-8(2)11-9/h3-4H,1,5-6H2,2H3. The fraction of sp³-hybridized carbons (Fsp3) is 0.333. The molecule has 2 heteroatoms. The monoisotopic (exact) mass is 186 g/mol. The summed E-state index contributed by atoms with van der Waals surface area (Å²) in [6, 6.07) is 4.26. The zero-order valence-corrected chi connectivity index (χ0v) is 8.13. The maximum absolute atomic E-state index is 5.61. The normalized spacial score (nSPS) is 10.0. The predicted molar refractivity (Wildman–Crippen MR) is 52.6 cm³/mol. The van der Waals surface area contributed by atoms with Gasteiger partial charge in [0, 0.05) is 22.1 Å². The van der Waals surface area contributed by atoms with Crippen LogP contribution in [0.2, 0.25) is 0 Å².